The number of allylic oxidation sites excluding steroid dienone is 1. The monoisotopic (exact) mass is 425 g/mol. The van der Waals surface area contributed by atoms with Crippen LogP contribution in [0.4, 0.5) is 9.18 Å². The number of carbonyl (C=O) groups is 2. The van der Waals surface area contributed by atoms with E-state index in [1.165, 1.54) is 11.0 Å². The first-order valence-corrected chi connectivity index (χ1v) is 10.4. The number of carbonyl (C=O) groups excluding carboxylic acids is 2. The molecule has 2 rings (SSSR count). The van der Waals surface area contributed by atoms with E-state index in [9.17, 15) is 19.1 Å². The molecular weight excluding hydrogens is 397 g/mol. The number of urea groups is 1. The van der Waals surface area contributed by atoms with Crippen LogP contribution in [0.25, 0.3) is 0 Å². The summed E-state index contributed by atoms with van der Waals surface area (Å²) in [6.07, 6.45) is 4.64. The van der Waals surface area contributed by atoms with Gasteiger partial charge in [0.05, 0.1) is 5.60 Å². The lowest BCUT2D eigenvalue weighted by atomic mass is 10.1. The van der Waals surface area contributed by atoms with E-state index in [0.29, 0.717) is 6.54 Å². The summed E-state index contributed by atoms with van der Waals surface area (Å²) in [5.74, 6) is 0.202. The lowest BCUT2D eigenvalue weighted by Crippen LogP contribution is -2.28. The van der Waals surface area contributed by atoms with Gasteiger partial charge >= 0.3 is 6.03 Å². The van der Waals surface area contributed by atoms with Crippen LogP contribution in [0.2, 0.25) is 0 Å². The molecule has 29 heavy (non-hydrogen) atoms. The zero-order valence-corrected chi connectivity index (χ0v) is 17.7. The van der Waals surface area contributed by atoms with Crippen LogP contribution in [0, 0.1) is 5.82 Å². The molecule has 3 amide bonds. The molecule has 3 N–H and O–H groups in total. The van der Waals surface area contributed by atoms with Crippen LogP contribution < -0.4 is 14.8 Å². The number of aliphatic hydroxyl groups is 1. The topological polar surface area (TPSA) is 90.9 Å². The minimum Gasteiger partial charge on any atom is -0.488 e. The molecule has 1 aliphatic heterocycles. The van der Waals surface area contributed by atoms with Gasteiger partial charge in [0.15, 0.2) is 11.6 Å². The fourth-order valence-corrected chi connectivity index (χ4v) is 3.24. The molecule has 1 aromatic carbocycles. The summed E-state index contributed by atoms with van der Waals surface area (Å²) in [6, 6.07) is 4.33. The van der Waals surface area contributed by atoms with Crippen molar-refractivity contribution in [3.63, 3.8) is 0 Å². The van der Waals surface area contributed by atoms with Crippen molar-refractivity contribution in [3.8, 4) is 5.75 Å². The summed E-state index contributed by atoms with van der Waals surface area (Å²) in [5.41, 5.74) is -0.158. The normalized spacial score (nSPS) is 15.8. The van der Waals surface area contributed by atoms with Crippen LogP contribution >= 0.6 is 11.9 Å². The Labute approximate surface area is 174 Å². The molecule has 0 saturated carbocycles. The Hall–Kier alpha value is -2.10. The Balaban J connectivity index is 1.71. The molecule has 1 fully saturated rings. The Morgan fingerprint density at radius 2 is 2.17 bits per heavy atom. The van der Waals surface area contributed by atoms with Crippen LogP contribution in [0.3, 0.4) is 0 Å². The minimum absolute atomic E-state index is 0.00349. The number of hydrogen-bond acceptors (Lipinski definition) is 6. The number of hydrogen-bond donors (Lipinski definition) is 3. The van der Waals surface area contributed by atoms with Gasteiger partial charge in [0.1, 0.15) is 13.2 Å². The van der Waals surface area contributed by atoms with Gasteiger partial charge in [-0.1, -0.05) is 30.2 Å². The Bertz CT molecular complexity index is 752. The van der Waals surface area contributed by atoms with Crippen molar-refractivity contribution in [3.05, 3.63) is 41.7 Å². The molecular formula is C20H28FN3O4S. The minimum atomic E-state index is -1.04. The second kappa shape index (κ2) is 10.6. The Kier molecular flexibility index (Phi) is 8.48. The molecule has 0 spiro atoms. The van der Waals surface area contributed by atoms with Crippen LogP contribution in [0.15, 0.2) is 30.4 Å². The second-order valence-corrected chi connectivity index (χ2v) is 8.41. The first-order chi connectivity index (χ1) is 13.7. The molecule has 1 saturated heterocycles. The molecule has 160 valence electrons. The van der Waals surface area contributed by atoms with Crippen LogP contribution in [-0.4, -0.2) is 53.0 Å². The first kappa shape index (κ1) is 23.2. The average Bonchev–Trinajstić information content (AvgIpc) is 2.96. The highest BCUT2D eigenvalue weighted by Gasteiger charge is 2.25. The number of nitrogens with one attached hydrogen (secondary N) is 2. The first-order valence-electron chi connectivity index (χ1n) is 9.41. The predicted molar refractivity (Wildman–Crippen MR) is 111 cm³/mol. The van der Waals surface area contributed by atoms with E-state index in [4.69, 9.17) is 4.74 Å². The van der Waals surface area contributed by atoms with Crippen molar-refractivity contribution in [1.82, 2.24) is 14.9 Å². The largest absolute Gasteiger partial charge is 0.488 e. The molecule has 7 nitrogen and oxygen atoms in total. The molecule has 1 aliphatic rings. The molecule has 0 aliphatic carbocycles. The number of rotatable bonds is 11. The Morgan fingerprint density at radius 1 is 1.41 bits per heavy atom. The van der Waals surface area contributed by atoms with Gasteiger partial charge in [0.2, 0.25) is 5.91 Å². The summed E-state index contributed by atoms with van der Waals surface area (Å²) < 4.78 is 22.6. The number of ether oxygens (including phenoxy) is 1. The number of benzene rings is 1. The predicted octanol–water partition coefficient (Wildman–Crippen LogP) is 2.77. The van der Waals surface area contributed by atoms with Gasteiger partial charge in [-0.15, -0.1) is 0 Å². The smallest absolute Gasteiger partial charge is 0.324 e. The van der Waals surface area contributed by atoms with Gasteiger partial charge in [-0.3, -0.25) is 14.8 Å². The SMILES string of the molecule is CC(NSCC/C=C/CN1CC(=O)NC1=O)c1ccc(F)c(OCC(C)(C)O)c1. The Morgan fingerprint density at radius 3 is 2.83 bits per heavy atom. The molecule has 0 bridgehead atoms. The molecule has 0 aromatic heterocycles. The standard InChI is InChI=1S/C20H28FN3O4S/c1-14(15-7-8-16(21)17(11-15)28-13-20(2,3)27)23-29-10-6-4-5-9-24-12-18(25)22-19(24)26/h4-5,7-8,11,14,23,27H,6,9-10,12-13H2,1-3H3,(H,22,25,26)/b5-4+. The van der Waals surface area contributed by atoms with Gasteiger partial charge in [-0.25, -0.2) is 9.18 Å². The van der Waals surface area contributed by atoms with Crippen molar-refractivity contribution in [1.29, 1.82) is 0 Å². The molecule has 1 atom stereocenters. The van der Waals surface area contributed by atoms with Gasteiger partial charge < -0.3 is 14.7 Å². The van der Waals surface area contributed by atoms with E-state index in [2.05, 4.69) is 10.0 Å². The quantitative estimate of drug-likeness (QED) is 0.219. The highest BCUT2D eigenvalue weighted by atomic mass is 32.2. The van der Waals surface area contributed by atoms with Gasteiger partial charge in [0, 0.05) is 18.3 Å². The zero-order chi connectivity index (χ0) is 21.4. The molecule has 1 heterocycles. The lowest BCUT2D eigenvalue weighted by molar-refractivity contribution is -0.118. The van der Waals surface area contributed by atoms with Crippen LogP contribution in [0.1, 0.15) is 38.8 Å². The summed E-state index contributed by atoms with van der Waals surface area (Å²) in [6.45, 7) is 5.69. The van der Waals surface area contributed by atoms with Gasteiger partial charge in [-0.2, -0.15) is 0 Å². The molecule has 1 unspecified atom stereocenters. The second-order valence-electron chi connectivity index (χ2n) is 7.47. The summed E-state index contributed by atoms with van der Waals surface area (Å²) in [4.78, 5) is 23.9. The van der Waals surface area contributed by atoms with Crippen molar-refractivity contribution < 1.29 is 23.8 Å². The molecule has 1 aromatic rings. The maximum atomic E-state index is 13.9. The summed E-state index contributed by atoms with van der Waals surface area (Å²) in [7, 11) is 0. The van der Waals surface area contributed by atoms with Gasteiger partial charge in [-0.05, 0) is 44.9 Å². The van der Waals surface area contributed by atoms with Crippen LogP contribution in [-0.2, 0) is 4.79 Å². The maximum absolute atomic E-state index is 13.9. The number of amides is 3. The van der Waals surface area contributed by atoms with E-state index in [1.54, 1.807) is 37.9 Å². The summed E-state index contributed by atoms with van der Waals surface area (Å²) in [5, 5.41) is 12.0. The van der Waals surface area contributed by atoms with E-state index in [1.807, 2.05) is 19.1 Å². The van der Waals surface area contributed by atoms with Crippen molar-refractivity contribution >= 4 is 23.9 Å². The number of nitrogens with zero attached hydrogens (tertiary/aromatic N) is 1. The van der Waals surface area contributed by atoms with E-state index >= 15 is 0 Å². The lowest BCUT2D eigenvalue weighted by Gasteiger charge is -2.19. The van der Waals surface area contributed by atoms with E-state index < -0.39 is 11.4 Å². The average molecular weight is 426 g/mol. The van der Waals surface area contributed by atoms with Crippen LogP contribution in [0.5, 0.6) is 5.75 Å². The highest BCUT2D eigenvalue weighted by molar-refractivity contribution is 7.97. The van der Waals surface area contributed by atoms with Gasteiger partial charge in [0.25, 0.3) is 0 Å². The molecule has 9 heteroatoms. The van der Waals surface area contributed by atoms with Crippen molar-refractivity contribution in [2.75, 3.05) is 25.4 Å². The van der Waals surface area contributed by atoms with E-state index in [-0.39, 0.29) is 36.9 Å². The fourth-order valence-electron chi connectivity index (χ4n) is 2.48. The number of halogens is 1. The zero-order valence-electron chi connectivity index (χ0n) is 16.9. The number of imide groups is 1. The fraction of sp³-hybridized carbons (Fsp3) is 0.500. The third-order valence-electron chi connectivity index (χ3n) is 4.04. The van der Waals surface area contributed by atoms with Crippen molar-refractivity contribution in [2.24, 2.45) is 0 Å². The maximum Gasteiger partial charge on any atom is 0.324 e. The third kappa shape index (κ3) is 8.04. The third-order valence-corrected chi connectivity index (χ3v) is 5.00. The van der Waals surface area contributed by atoms with Crippen molar-refractivity contribution in [2.45, 2.75) is 38.8 Å². The highest BCUT2D eigenvalue weighted by Crippen LogP contribution is 2.25. The molecule has 0 radical (unpaired) electrons. The van der Waals surface area contributed by atoms with E-state index in [0.717, 1.165) is 17.7 Å². The summed E-state index contributed by atoms with van der Waals surface area (Å²) >= 11 is 1.54.